The van der Waals surface area contributed by atoms with Crippen molar-refractivity contribution in [2.45, 2.75) is 12.8 Å². The molecule has 1 aliphatic rings. The Morgan fingerprint density at radius 2 is 1.63 bits per heavy atom. The van der Waals surface area contributed by atoms with E-state index in [0.29, 0.717) is 23.0 Å². The number of nitriles is 1. The molecule has 4 heterocycles. The fourth-order valence-corrected chi connectivity index (χ4v) is 5.97. The monoisotopic (exact) mass is 561 g/mol. The summed E-state index contributed by atoms with van der Waals surface area (Å²) in [5.41, 5.74) is 7.84. The van der Waals surface area contributed by atoms with Gasteiger partial charge in [0.15, 0.2) is 0 Å². The molecule has 0 radical (unpaired) electrons. The number of nitrogens with zero attached hydrogens (tertiary/aromatic N) is 2. The minimum Gasteiger partial charge on any atom is -0.463 e. The highest BCUT2D eigenvalue weighted by atomic mass is 32.1. The van der Waals surface area contributed by atoms with Gasteiger partial charge in [-0.3, -0.25) is 9.36 Å². The molecule has 3 aromatic heterocycles. The molecular formula is C32H23N3O5S. The Bertz CT molecular complexity index is 2020. The number of hydrogen-bond donors (Lipinski definition) is 1. The van der Waals surface area contributed by atoms with E-state index in [1.54, 1.807) is 31.2 Å². The summed E-state index contributed by atoms with van der Waals surface area (Å²) in [6, 6.07) is 28.2. The molecule has 6 rings (SSSR count). The van der Waals surface area contributed by atoms with Gasteiger partial charge in [-0.25, -0.2) is 4.79 Å². The minimum absolute atomic E-state index is 0.0188. The van der Waals surface area contributed by atoms with Gasteiger partial charge in [-0.05, 0) is 31.2 Å². The molecule has 0 unspecified atom stereocenters. The molecule has 0 spiro atoms. The summed E-state index contributed by atoms with van der Waals surface area (Å²) in [6.07, 6.45) is 1.60. The molecular weight excluding hydrogens is 538 g/mol. The summed E-state index contributed by atoms with van der Waals surface area (Å²) in [6.45, 7) is 1.79. The van der Waals surface area contributed by atoms with Gasteiger partial charge in [-0.1, -0.05) is 60.7 Å². The summed E-state index contributed by atoms with van der Waals surface area (Å²) < 4.78 is 19.3. The zero-order valence-electron chi connectivity index (χ0n) is 21.9. The van der Waals surface area contributed by atoms with Gasteiger partial charge in [0, 0.05) is 17.2 Å². The summed E-state index contributed by atoms with van der Waals surface area (Å²) in [4.78, 5) is 27.0. The fraction of sp³-hybridized carbons (Fsp3) is 0.0938. The summed E-state index contributed by atoms with van der Waals surface area (Å²) in [5.74, 6) is 0.310. The van der Waals surface area contributed by atoms with E-state index in [0.717, 1.165) is 22.5 Å². The second kappa shape index (κ2) is 10.7. The maximum Gasteiger partial charge on any atom is 0.338 e. The van der Waals surface area contributed by atoms with Gasteiger partial charge < -0.3 is 19.3 Å². The van der Waals surface area contributed by atoms with Crippen molar-refractivity contribution in [2.75, 3.05) is 6.61 Å². The van der Waals surface area contributed by atoms with Gasteiger partial charge in [0.2, 0.25) is 0 Å². The molecule has 9 heteroatoms. The van der Waals surface area contributed by atoms with Crippen molar-refractivity contribution < 1.29 is 18.4 Å². The van der Waals surface area contributed by atoms with Crippen molar-refractivity contribution in [1.82, 2.24) is 4.57 Å². The number of rotatable bonds is 6. The predicted octanol–water partition coefficient (Wildman–Crippen LogP) is 4.42. The van der Waals surface area contributed by atoms with Crippen LogP contribution < -0.4 is 20.5 Å². The van der Waals surface area contributed by atoms with Crippen LogP contribution >= 0.6 is 11.3 Å². The van der Waals surface area contributed by atoms with E-state index in [1.807, 2.05) is 66.7 Å². The van der Waals surface area contributed by atoms with Crippen LogP contribution in [0.15, 0.2) is 104 Å². The third-order valence-electron chi connectivity index (χ3n) is 6.69. The van der Waals surface area contributed by atoms with Crippen LogP contribution in [0.3, 0.4) is 0 Å². The van der Waals surface area contributed by atoms with E-state index < -0.39 is 17.4 Å². The zero-order chi connectivity index (χ0) is 28.5. The van der Waals surface area contributed by atoms with E-state index in [4.69, 9.17) is 19.3 Å². The lowest BCUT2D eigenvalue weighted by Gasteiger charge is -2.22. The average molecular weight is 562 g/mol. The largest absolute Gasteiger partial charge is 0.463 e. The molecule has 8 nitrogen and oxygen atoms in total. The van der Waals surface area contributed by atoms with Crippen molar-refractivity contribution >= 4 is 34.8 Å². The van der Waals surface area contributed by atoms with Crippen molar-refractivity contribution in [1.29, 1.82) is 5.26 Å². The maximum absolute atomic E-state index is 13.6. The number of carbonyl (C=O) groups excluding carboxylic acids is 1. The van der Waals surface area contributed by atoms with Crippen LogP contribution in [0.25, 0.3) is 40.1 Å². The first-order chi connectivity index (χ1) is 20.0. The number of ether oxygens (including phenoxy) is 1. The third-order valence-corrected chi connectivity index (χ3v) is 7.80. The standard InChI is InChI=1S/C32H23N3O5S/c1-2-38-32(37)28-27(25-16-15-24(40-25)20-11-7-4-8-12-20)22(18-33)29(34)35-30(36)26(41-31(28)35)17-21-13-14-23(39-21)19-9-5-3-6-10-19/h3-17,27H,2,34H2,1H3/b26-17-/t27-/m1/s1. The Morgan fingerprint density at radius 1 is 1.00 bits per heavy atom. The minimum atomic E-state index is -0.962. The summed E-state index contributed by atoms with van der Waals surface area (Å²) in [5, 5.41) is 10.2. The van der Waals surface area contributed by atoms with E-state index in [-0.39, 0.29) is 32.8 Å². The Kier molecular flexibility index (Phi) is 6.75. The van der Waals surface area contributed by atoms with E-state index in [9.17, 15) is 14.9 Å². The molecule has 0 bridgehead atoms. The number of benzene rings is 2. The Morgan fingerprint density at radius 3 is 2.27 bits per heavy atom. The molecule has 1 aliphatic heterocycles. The molecule has 0 saturated heterocycles. The highest BCUT2D eigenvalue weighted by Crippen LogP contribution is 2.39. The molecule has 0 saturated carbocycles. The van der Waals surface area contributed by atoms with Crippen molar-refractivity contribution in [3.8, 4) is 28.7 Å². The topological polar surface area (TPSA) is 124 Å². The number of fused-ring (bicyclic) bond motifs is 1. The number of hydrogen-bond acceptors (Lipinski definition) is 8. The second-order valence-electron chi connectivity index (χ2n) is 9.17. The van der Waals surface area contributed by atoms with Crippen molar-refractivity contribution in [3.63, 3.8) is 0 Å². The van der Waals surface area contributed by atoms with Gasteiger partial charge in [0.25, 0.3) is 5.56 Å². The molecule has 2 aromatic carbocycles. The van der Waals surface area contributed by atoms with Crippen molar-refractivity contribution in [3.05, 3.63) is 122 Å². The summed E-state index contributed by atoms with van der Waals surface area (Å²) in [7, 11) is 0. The van der Waals surface area contributed by atoms with Crippen LogP contribution in [0.5, 0.6) is 0 Å². The first kappa shape index (κ1) is 25.9. The zero-order valence-corrected chi connectivity index (χ0v) is 22.7. The predicted molar refractivity (Wildman–Crippen MR) is 155 cm³/mol. The molecule has 0 aliphatic carbocycles. The van der Waals surface area contributed by atoms with Crippen molar-refractivity contribution in [2.24, 2.45) is 5.73 Å². The molecule has 5 aromatic rings. The number of carbonyl (C=O) groups is 1. The first-order valence-corrected chi connectivity index (χ1v) is 13.7. The Balaban J connectivity index is 1.55. The number of nitrogens with two attached hydrogens (primary N) is 1. The fourth-order valence-electron chi connectivity index (χ4n) is 4.82. The SMILES string of the molecule is CCOC(=O)C1=c2s/c(=C\c3ccc(-c4ccccc4)o3)c(=O)n2C(N)=C(C#N)[C@@H]1c1ccc(-c2ccccc2)o1. The van der Waals surface area contributed by atoms with E-state index in [1.165, 1.54) is 4.57 Å². The lowest BCUT2D eigenvalue weighted by molar-refractivity contribution is -0.136. The lowest BCUT2D eigenvalue weighted by Crippen LogP contribution is -2.40. The number of aromatic nitrogens is 1. The average Bonchev–Trinajstić information content (AvgIpc) is 3.74. The second-order valence-corrected chi connectivity index (χ2v) is 10.2. The van der Waals surface area contributed by atoms with Crippen LogP contribution in [0.2, 0.25) is 0 Å². The van der Waals surface area contributed by atoms with E-state index >= 15 is 0 Å². The number of esters is 1. The molecule has 0 fully saturated rings. The third kappa shape index (κ3) is 4.60. The quantitative estimate of drug-likeness (QED) is 0.304. The molecule has 202 valence electrons. The number of thiazole rings is 1. The van der Waals surface area contributed by atoms with Gasteiger partial charge in [0.05, 0.1) is 34.3 Å². The molecule has 1 atom stereocenters. The molecule has 0 amide bonds. The Labute approximate surface area is 238 Å². The normalized spacial score (nSPS) is 15.1. The van der Waals surface area contributed by atoms with Crippen LogP contribution in [-0.2, 0) is 9.53 Å². The van der Waals surface area contributed by atoms with Crippen LogP contribution in [0, 0.1) is 11.3 Å². The molecule has 2 N–H and O–H groups in total. The molecule has 41 heavy (non-hydrogen) atoms. The van der Waals surface area contributed by atoms with Gasteiger partial charge in [0.1, 0.15) is 33.5 Å². The van der Waals surface area contributed by atoms with Gasteiger partial charge in [-0.15, -0.1) is 11.3 Å². The maximum atomic E-state index is 13.6. The van der Waals surface area contributed by atoms with Crippen LogP contribution in [-0.4, -0.2) is 17.1 Å². The van der Waals surface area contributed by atoms with E-state index in [2.05, 4.69) is 6.07 Å². The highest BCUT2D eigenvalue weighted by Gasteiger charge is 2.38. The number of furan rings is 2. The van der Waals surface area contributed by atoms with Gasteiger partial charge >= 0.3 is 5.97 Å². The number of allylic oxidation sites excluding steroid dienone is 1. The lowest BCUT2D eigenvalue weighted by atomic mass is 9.88. The highest BCUT2D eigenvalue weighted by molar-refractivity contribution is 7.07. The van der Waals surface area contributed by atoms with Gasteiger partial charge in [-0.2, -0.15) is 5.26 Å². The Hall–Kier alpha value is -5.33. The van der Waals surface area contributed by atoms with Crippen LogP contribution in [0.4, 0.5) is 0 Å². The summed E-state index contributed by atoms with van der Waals surface area (Å²) >= 11 is 1.07. The first-order valence-electron chi connectivity index (χ1n) is 12.9. The smallest absolute Gasteiger partial charge is 0.338 e. The van der Waals surface area contributed by atoms with Crippen LogP contribution in [0.1, 0.15) is 24.4 Å².